The number of hydrogen-bond acceptors (Lipinski definition) is 3. The highest BCUT2D eigenvalue weighted by Gasteiger charge is 2.19. The molecule has 14 heavy (non-hydrogen) atoms. The number of amides is 1. The van der Waals surface area contributed by atoms with Crippen molar-refractivity contribution >= 4 is 11.9 Å². The highest BCUT2D eigenvalue weighted by Crippen LogP contribution is 2.24. The monoisotopic (exact) mass is 195 g/mol. The minimum Gasteiger partial charge on any atom is -0.466 e. The van der Waals surface area contributed by atoms with E-state index in [1.807, 2.05) is 0 Å². The molecule has 76 valence electrons. The van der Waals surface area contributed by atoms with Crippen LogP contribution in [-0.2, 0) is 14.3 Å². The van der Waals surface area contributed by atoms with Gasteiger partial charge in [0.2, 0.25) is 5.91 Å². The Bertz CT molecular complexity index is 339. The van der Waals surface area contributed by atoms with Crippen LogP contribution < -0.4 is 5.73 Å². The van der Waals surface area contributed by atoms with Crippen LogP contribution in [0.5, 0.6) is 0 Å². The van der Waals surface area contributed by atoms with Crippen molar-refractivity contribution in [2.75, 3.05) is 7.11 Å². The van der Waals surface area contributed by atoms with Gasteiger partial charge in [-0.15, -0.1) is 0 Å². The maximum Gasteiger partial charge on any atom is 0.333 e. The van der Waals surface area contributed by atoms with E-state index in [0.717, 1.165) is 5.57 Å². The Balaban J connectivity index is 2.96. The predicted molar refractivity (Wildman–Crippen MR) is 51.2 cm³/mol. The fourth-order valence-corrected chi connectivity index (χ4v) is 1.46. The maximum absolute atomic E-state index is 11.2. The molecule has 0 fully saturated rings. The summed E-state index contributed by atoms with van der Waals surface area (Å²) < 4.78 is 4.61. The van der Waals surface area contributed by atoms with Crippen molar-refractivity contribution < 1.29 is 14.3 Å². The summed E-state index contributed by atoms with van der Waals surface area (Å²) in [5, 5.41) is 0. The molecular weight excluding hydrogens is 182 g/mol. The number of nitrogens with two attached hydrogens (primary N) is 1. The van der Waals surface area contributed by atoms with E-state index in [9.17, 15) is 9.59 Å². The SMILES string of the molecule is COC(=O)C1=C(C)C=C(C(N)=O)CC1. The fourth-order valence-electron chi connectivity index (χ4n) is 1.46. The molecule has 1 aliphatic rings. The molecule has 2 N–H and O–H groups in total. The number of carbonyl (C=O) groups is 2. The van der Waals surface area contributed by atoms with Crippen molar-refractivity contribution in [1.82, 2.24) is 0 Å². The van der Waals surface area contributed by atoms with Crippen molar-refractivity contribution in [3.63, 3.8) is 0 Å². The number of methoxy groups -OCH3 is 1. The zero-order valence-electron chi connectivity index (χ0n) is 8.29. The molecular formula is C10H13NO3. The molecule has 1 aliphatic carbocycles. The van der Waals surface area contributed by atoms with Gasteiger partial charge < -0.3 is 10.5 Å². The number of carbonyl (C=O) groups excluding carboxylic acids is 2. The molecule has 0 aromatic rings. The molecule has 0 aliphatic heterocycles. The Kier molecular flexibility index (Phi) is 3.06. The van der Waals surface area contributed by atoms with Crippen molar-refractivity contribution in [2.24, 2.45) is 5.73 Å². The van der Waals surface area contributed by atoms with Crippen LogP contribution in [0.2, 0.25) is 0 Å². The normalized spacial score (nSPS) is 16.3. The first-order chi connectivity index (χ1) is 6.56. The van der Waals surface area contributed by atoms with Crippen LogP contribution in [0.4, 0.5) is 0 Å². The summed E-state index contributed by atoms with van der Waals surface area (Å²) in [5.41, 5.74) is 7.09. The Morgan fingerprint density at radius 3 is 2.50 bits per heavy atom. The van der Waals surface area contributed by atoms with E-state index in [4.69, 9.17) is 5.73 Å². The molecule has 0 radical (unpaired) electrons. The molecule has 4 nitrogen and oxygen atoms in total. The number of esters is 1. The van der Waals surface area contributed by atoms with Crippen molar-refractivity contribution in [2.45, 2.75) is 19.8 Å². The fraction of sp³-hybridized carbons (Fsp3) is 0.400. The number of primary amides is 1. The van der Waals surface area contributed by atoms with E-state index < -0.39 is 5.91 Å². The molecule has 0 unspecified atom stereocenters. The summed E-state index contributed by atoms with van der Waals surface area (Å²) in [6.07, 6.45) is 2.68. The summed E-state index contributed by atoms with van der Waals surface area (Å²) in [6, 6.07) is 0. The predicted octanol–water partition coefficient (Wildman–Crippen LogP) is 0.681. The van der Waals surface area contributed by atoms with Crippen molar-refractivity contribution in [3.8, 4) is 0 Å². The molecule has 0 atom stereocenters. The Labute approximate surface area is 82.4 Å². The second kappa shape index (κ2) is 4.09. The smallest absolute Gasteiger partial charge is 0.333 e. The van der Waals surface area contributed by atoms with E-state index in [1.165, 1.54) is 7.11 Å². The summed E-state index contributed by atoms with van der Waals surface area (Å²) >= 11 is 0. The maximum atomic E-state index is 11.2. The minimum atomic E-state index is -0.423. The van der Waals surface area contributed by atoms with Gasteiger partial charge >= 0.3 is 5.97 Å². The lowest BCUT2D eigenvalue weighted by Gasteiger charge is -2.14. The van der Waals surface area contributed by atoms with Crippen LogP contribution in [0, 0.1) is 0 Å². The molecule has 0 heterocycles. The summed E-state index contributed by atoms with van der Waals surface area (Å²) in [7, 11) is 1.34. The first-order valence-corrected chi connectivity index (χ1v) is 4.34. The van der Waals surface area contributed by atoms with Gasteiger partial charge in [0.05, 0.1) is 7.11 Å². The number of hydrogen-bond donors (Lipinski definition) is 1. The van der Waals surface area contributed by atoms with Gasteiger partial charge in [0.1, 0.15) is 0 Å². The Hall–Kier alpha value is -1.58. The number of allylic oxidation sites excluding steroid dienone is 2. The first-order valence-electron chi connectivity index (χ1n) is 4.34. The third-order valence-electron chi connectivity index (χ3n) is 2.26. The zero-order chi connectivity index (χ0) is 10.7. The van der Waals surface area contributed by atoms with Gasteiger partial charge in [-0.3, -0.25) is 4.79 Å². The molecule has 1 amide bonds. The standard InChI is InChI=1S/C10H13NO3/c1-6-5-7(9(11)12)3-4-8(6)10(13)14-2/h5H,3-4H2,1-2H3,(H2,11,12). The molecule has 1 rings (SSSR count). The lowest BCUT2D eigenvalue weighted by Crippen LogP contribution is -2.18. The van der Waals surface area contributed by atoms with Crippen molar-refractivity contribution in [3.05, 3.63) is 22.8 Å². The minimum absolute atomic E-state index is 0.331. The van der Waals surface area contributed by atoms with Gasteiger partial charge in [0.15, 0.2) is 0 Å². The summed E-state index contributed by atoms with van der Waals surface area (Å²) in [4.78, 5) is 22.1. The molecule has 0 spiro atoms. The van der Waals surface area contributed by atoms with Crippen LogP contribution in [0.1, 0.15) is 19.8 Å². The summed E-state index contributed by atoms with van der Waals surface area (Å²) in [6.45, 7) is 1.77. The van der Waals surface area contributed by atoms with Gasteiger partial charge in [-0.2, -0.15) is 0 Å². The van der Waals surface area contributed by atoms with Gasteiger partial charge in [-0.25, -0.2) is 4.79 Å². The quantitative estimate of drug-likeness (QED) is 0.659. The molecule has 4 heteroatoms. The number of rotatable bonds is 2. The molecule has 0 saturated heterocycles. The highest BCUT2D eigenvalue weighted by atomic mass is 16.5. The lowest BCUT2D eigenvalue weighted by atomic mass is 9.93. The van der Waals surface area contributed by atoms with E-state index in [1.54, 1.807) is 13.0 Å². The average Bonchev–Trinajstić information content (AvgIpc) is 2.16. The Morgan fingerprint density at radius 1 is 1.43 bits per heavy atom. The molecule has 0 aromatic heterocycles. The van der Waals surface area contributed by atoms with E-state index >= 15 is 0 Å². The van der Waals surface area contributed by atoms with E-state index in [0.29, 0.717) is 24.0 Å². The third-order valence-corrected chi connectivity index (χ3v) is 2.26. The lowest BCUT2D eigenvalue weighted by molar-refractivity contribution is -0.136. The van der Waals surface area contributed by atoms with Crippen LogP contribution in [0.3, 0.4) is 0 Å². The van der Waals surface area contributed by atoms with Crippen LogP contribution >= 0.6 is 0 Å². The van der Waals surface area contributed by atoms with Crippen LogP contribution in [0.15, 0.2) is 22.8 Å². The Morgan fingerprint density at radius 2 is 2.07 bits per heavy atom. The average molecular weight is 195 g/mol. The molecule has 0 saturated carbocycles. The van der Waals surface area contributed by atoms with Gasteiger partial charge in [-0.05, 0) is 25.3 Å². The second-order valence-electron chi connectivity index (χ2n) is 3.19. The first kappa shape index (κ1) is 10.5. The largest absolute Gasteiger partial charge is 0.466 e. The third kappa shape index (κ3) is 2.02. The highest BCUT2D eigenvalue weighted by molar-refractivity contribution is 5.96. The van der Waals surface area contributed by atoms with Gasteiger partial charge in [-0.1, -0.05) is 6.08 Å². The topological polar surface area (TPSA) is 69.4 Å². The van der Waals surface area contributed by atoms with E-state index in [2.05, 4.69) is 4.74 Å². The second-order valence-corrected chi connectivity index (χ2v) is 3.19. The molecule has 0 aromatic carbocycles. The number of ether oxygens (including phenoxy) is 1. The van der Waals surface area contributed by atoms with Gasteiger partial charge in [0, 0.05) is 11.1 Å². The molecule has 0 bridgehead atoms. The van der Waals surface area contributed by atoms with Gasteiger partial charge in [0.25, 0.3) is 0 Å². The van der Waals surface area contributed by atoms with Crippen LogP contribution in [-0.4, -0.2) is 19.0 Å². The zero-order valence-corrected chi connectivity index (χ0v) is 8.29. The van der Waals surface area contributed by atoms with Crippen molar-refractivity contribution in [1.29, 1.82) is 0 Å². The summed E-state index contributed by atoms with van der Waals surface area (Å²) in [5.74, 6) is -0.754. The van der Waals surface area contributed by atoms with Crippen LogP contribution in [0.25, 0.3) is 0 Å². The van der Waals surface area contributed by atoms with E-state index in [-0.39, 0.29) is 5.97 Å².